The van der Waals surface area contributed by atoms with Gasteiger partial charge in [-0.1, -0.05) is 0 Å². The van der Waals surface area contributed by atoms with Crippen molar-refractivity contribution in [1.29, 1.82) is 0 Å². The summed E-state index contributed by atoms with van der Waals surface area (Å²) in [5.74, 6) is 0. The average molecular weight is 253 g/mol. The highest BCUT2D eigenvalue weighted by atomic mass is 16.5. The summed E-state index contributed by atoms with van der Waals surface area (Å²) in [5, 5.41) is 0. The molecule has 0 atom stereocenters. The van der Waals surface area contributed by atoms with E-state index in [0.29, 0.717) is 6.10 Å². The van der Waals surface area contributed by atoms with Gasteiger partial charge >= 0.3 is 0 Å². The molecule has 0 bridgehead atoms. The maximum Gasteiger partial charge on any atom is 0.0611 e. The fourth-order valence-electron chi connectivity index (χ4n) is 3.70. The Morgan fingerprint density at radius 1 is 1.17 bits per heavy atom. The third-order valence-electron chi connectivity index (χ3n) is 5.05. The van der Waals surface area contributed by atoms with Crippen molar-refractivity contribution in [3.8, 4) is 0 Å². The summed E-state index contributed by atoms with van der Waals surface area (Å²) in [5.41, 5.74) is 6.31. The molecule has 0 aromatic carbocycles. The van der Waals surface area contributed by atoms with Crippen LogP contribution in [-0.2, 0) is 4.74 Å². The Morgan fingerprint density at radius 3 is 2.33 bits per heavy atom. The average Bonchev–Trinajstić information content (AvgIpc) is 3.18. The van der Waals surface area contributed by atoms with Crippen LogP contribution in [0.4, 0.5) is 0 Å². The van der Waals surface area contributed by atoms with Gasteiger partial charge in [-0.25, -0.2) is 0 Å². The van der Waals surface area contributed by atoms with E-state index in [4.69, 9.17) is 10.5 Å². The van der Waals surface area contributed by atoms with Crippen LogP contribution in [0.3, 0.4) is 0 Å². The number of hydrogen-bond donors (Lipinski definition) is 1. The highest BCUT2D eigenvalue weighted by molar-refractivity contribution is 5.06. The van der Waals surface area contributed by atoms with E-state index >= 15 is 0 Å². The first-order valence-corrected chi connectivity index (χ1v) is 7.58. The minimum Gasteiger partial charge on any atom is -0.378 e. The van der Waals surface area contributed by atoms with Gasteiger partial charge < -0.3 is 10.5 Å². The minimum absolute atomic E-state index is 0.259. The summed E-state index contributed by atoms with van der Waals surface area (Å²) in [6, 6.07) is 0.915. The highest BCUT2D eigenvalue weighted by Gasteiger charge is 2.49. The molecule has 3 rings (SSSR count). The second-order valence-electron chi connectivity index (χ2n) is 6.17. The first kappa shape index (κ1) is 12.9. The molecule has 0 aromatic rings. The Kier molecular flexibility index (Phi) is 3.63. The van der Waals surface area contributed by atoms with E-state index in [1.165, 1.54) is 39.0 Å². The fourth-order valence-corrected chi connectivity index (χ4v) is 3.70. The summed E-state index contributed by atoms with van der Waals surface area (Å²) in [7, 11) is 0. The van der Waals surface area contributed by atoms with Crippen LogP contribution < -0.4 is 5.73 Å². The van der Waals surface area contributed by atoms with Crippen LogP contribution in [-0.4, -0.2) is 66.8 Å². The Morgan fingerprint density at radius 2 is 1.83 bits per heavy atom. The monoisotopic (exact) mass is 253 g/mol. The molecule has 104 valence electrons. The van der Waals surface area contributed by atoms with Gasteiger partial charge in [0.25, 0.3) is 0 Å². The normalized spacial score (nSPS) is 38.7. The van der Waals surface area contributed by atoms with E-state index < -0.39 is 0 Å². The first-order valence-electron chi connectivity index (χ1n) is 7.58. The second kappa shape index (κ2) is 5.08. The van der Waals surface area contributed by atoms with E-state index in [2.05, 4.69) is 16.7 Å². The Labute approximate surface area is 110 Å². The maximum atomic E-state index is 6.05. The smallest absolute Gasteiger partial charge is 0.0611 e. The Hall–Kier alpha value is -0.160. The molecule has 0 aromatic heterocycles. The zero-order valence-corrected chi connectivity index (χ0v) is 11.6. The Bertz CT molecular complexity index is 279. The van der Waals surface area contributed by atoms with Crippen LogP contribution in [0.5, 0.6) is 0 Å². The highest BCUT2D eigenvalue weighted by Crippen LogP contribution is 2.40. The van der Waals surface area contributed by atoms with Crippen molar-refractivity contribution < 1.29 is 4.74 Å². The molecule has 1 heterocycles. The van der Waals surface area contributed by atoms with Crippen molar-refractivity contribution >= 4 is 0 Å². The van der Waals surface area contributed by atoms with Crippen molar-refractivity contribution in [3.05, 3.63) is 0 Å². The molecular formula is C14H27N3O. The van der Waals surface area contributed by atoms with Crippen LogP contribution in [0.1, 0.15) is 32.6 Å². The lowest BCUT2D eigenvalue weighted by atomic mass is 9.72. The zero-order valence-electron chi connectivity index (χ0n) is 11.6. The number of hydrogen-bond acceptors (Lipinski definition) is 4. The summed E-state index contributed by atoms with van der Waals surface area (Å²) in [6.45, 7) is 8.59. The van der Waals surface area contributed by atoms with Gasteiger partial charge in [0, 0.05) is 50.9 Å². The summed E-state index contributed by atoms with van der Waals surface area (Å²) in [4.78, 5) is 5.31. The SMILES string of the molecule is CCOC1CC(CN)(N2CCN(C3CC3)CC2)C1. The van der Waals surface area contributed by atoms with Crippen LogP contribution in [0.25, 0.3) is 0 Å². The van der Waals surface area contributed by atoms with Crippen LogP contribution in [0.15, 0.2) is 0 Å². The molecule has 4 heteroatoms. The summed E-state index contributed by atoms with van der Waals surface area (Å²) in [6.07, 6.45) is 5.59. The van der Waals surface area contributed by atoms with Crippen molar-refractivity contribution in [2.75, 3.05) is 39.3 Å². The van der Waals surface area contributed by atoms with Crippen molar-refractivity contribution in [2.45, 2.75) is 50.3 Å². The van der Waals surface area contributed by atoms with Gasteiger partial charge in [-0.3, -0.25) is 9.80 Å². The van der Waals surface area contributed by atoms with Gasteiger partial charge in [-0.05, 0) is 32.6 Å². The lowest BCUT2D eigenvalue weighted by Crippen LogP contribution is -2.67. The fraction of sp³-hybridized carbons (Fsp3) is 1.00. The molecule has 3 aliphatic rings. The largest absolute Gasteiger partial charge is 0.378 e. The van der Waals surface area contributed by atoms with Gasteiger partial charge in [0.1, 0.15) is 0 Å². The van der Waals surface area contributed by atoms with E-state index in [-0.39, 0.29) is 5.54 Å². The maximum absolute atomic E-state index is 6.05. The van der Waals surface area contributed by atoms with E-state index in [9.17, 15) is 0 Å². The predicted octanol–water partition coefficient (Wildman–Crippen LogP) is 0.663. The Balaban J connectivity index is 1.51. The summed E-state index contributed by atoms with van der Waals surface area (Å²) >= 11 is 0. The first-order chi connectivity index (χ1) is 8.77. The second-order valence-corrected chi connectivity index (χ2v) is 6.17. The minimum atomic E-state index is 0.259. The van der Waals surface area contributed by atoms with Crippen LogP contribution in [0, 0.1) is 0 Å². The van der Waals surface area contributed by atoms with E-state index in [0.717, 1.165) is 32.0 Å². The van der Waals surface area contributed by atoms with Gasteiger partial charge in [0.15, 0.2) is 0 Å². The molecule has 2 aliphatic carbocycles. The molecule has 0 spiro atoms. The van der Waals surface area contributed by atoms with Gasteiger partial charge in [0.2, 0.25) is 0 Å². The number of ether oxygens (including phenoxy) is 1. The molecule has 0 unspecified atom stereocenters. The number of nitrogens with two attached hydrogens (primary N) is 1. The molecule has 1 aliphatic heterocycles. The van der Waals surface area contributed by atoms with Crippen LogP contribution >= 0.6 is 0 Å². The van der Waals surface area contributed by atoms with Crippen molar-refractivity contribution in [2.24, 2.45) is 5.73 Å². The molecule has 3 fully saturated rings. The third-order valence-corrected chi connectivity index (χ3v) is 5.05. The molecule has 1 saturated heterocycles. The molecular weight excluding hydrogens is 226 g/mol. The molecule has 18 heavy (non-hydrogen) atoms. The number of piperazine rings is 1. The number of nitrogens with zero attached hydrogens (tertiary/aromatic N) is 2. The van der Waals surface area contributed by atoms with Gasteiger partial charge in [-0.15, -0.1) is 0 Å². The standard InChI is InChI=1S/C14H27N3O/c1-2-18-13-9-14(10-13,11-15)17-7-5-16(6-8-17)12-3-4-12/h12-13H,2-11,15H2,1H3. The van der Waals surface area contributed by atoms with Gasteiger partial charge in [-0.2, -0.15) is 0 Å². The molecule has 2 saturated carbocycles. The lowest BCUT2D eigenvalue weighted by molar-refractivity contribution is -0.110. The third kappa shape index (κ3) is 2.31. The predicted molar refractivity (Wildman–Crippen MR) is 72.6 cm³/mol. The molecule has 0 amide bonds. The summed E-state index contributed by atoms with van der Waals surface area (Å²) < 4.78 is 5.70. The lowest BCUT2D eigenvalue weighted by Gasteiger charge is -2.55. The zero-order chi connectivity index (χ0) is 12.6. The van der Waals surface area contributed by atoms with E-state index in [1.54, 1.807) is 0 Å². The number of rotatable bonds is 5. The quantitative estimate of drug-likeness (QED) is 0.782. The molecule has 0 radical (unpaired) electrons. The van der Waals surface area contributed by atoms with E-state index in [1.807, 2.05) is 0 Å². The topological polar surface area (TPSA) is 41.7 Å². The van der Waals surface area contributed by atoms with Crippen LogP contribution in [0.2, 0.25) is 0 Å². The molecule has 2 N–H and O–H groups in total. The van der Waals surface area contributed by atoms with Crippen molar-refractivity contribution in [1.82, 2.24) is 9.80 Å². The van der Waals surface area contributed by atoms with Gasteiger partial charge in [0.05, 0.1) is 6.10 Å². The molecule has 4 nitrogen and oxygen atoms in total. The van der Waals surface area contributed by atoms with Crippen molar-refractivity contribution in [3.63, 3.8) is 0 Å².